The zero-order valence-electron chi connectivity index (χ0n) is 34.7. The zero-order valence-corrected chi connectivity index (χ0v) is 35.4. The van der Waals surface area contributed by atoms with E-state index in [1.54, 1.807) is 48.4 Å². The molecular formula is C44H60ClN3O11. The van der Waals surface area contributed by atoms with Gasteiger partial charge in [-0.05, 0) is 86.8 Å². The molecule has 1 fully saturated rings. The van der Waals surface area contributed by atoms with Gasteiger partial charge in [-0.1, -0.05) is 37.1 Å². The molecule has 0 saturated heterocycles. The molecule has 0 spiro atoms. The summed E-state index contributed by atoms with van der Waals surface area (Å²) in [6, 6.07) is 9.60. The van der Waals surface area contributed by atoms with Crippen molar-refractivity contribution in [2.75, 3.05) is 65.0 Å². The summed E-state index contributed by atoms with van der Waals surface area (Å²) in [4.78, 5) is 34.9. The molecule has 324 valence electrons. The molecule has 2 aliphatic carbocycles. The van der Waals surface area contributed by atoms with Gasteiger partial charge in [0.1, 0.15) is 42.3 Å². The predicted molar refractivity (Wildman–Crippen MR) is 225 cm³/mol. The number of halogens is 1. The first-order valence-corrected chi connectivity index (χ1v) is 21.2. The number of hydrogen-bond donors (Lipinski definition) is 3. The minimum absolute atomic E-state index is 0.0223. The van der Waals surface area contributed by atoms with Gasteiger partial charge in [0.05, 0.1) is 44.0 Å². The van der Waals surface area contributed by atoms with Crippen LogP contribution in [0.1, 0.15) is 76.7 Å². The van der Waals surface area contributed by atoms with Gasteiger partial charge < -0.3 is 43.5 Å². The number of hydrogen-bond acceptors (Lipinski definition) is 12. The molecule has 0 radical (unpaired) electrons. The number of allylic oxidation sites excluding steroid dienone is 1. The molecule has 2 aromatic rings. The van der Waals surface area contributed by atoms with E-state index in [1.165, 1.54) is 7.11 Å². The number of aliphatic hydroxyl groups excluding tert-OH is 2. The Morgan fingerprint density at radius 2 is 1.81 bits per heavy atom. The molecule has 1 saturated carbocycles. The van der Waals surface area contributed by atoms with Gasteiger partial charge in [0.25, 0.3) is 0 Å². The summed E-state index contributed by atoms with van der Waals surface area (Å²) in [6.07, 6.45) is 7.85. The van der Waals surface area contributed by atoms with Crippen LogP contribution < -0.4 is 24.3 Å². The molecular weight excluding hydrogens is 782 g/mol. The van der Waals surface area contributed by atoms with Crippen LogP contribution in [0.25, 0.3) is 0 Å². The van der Waals surface area contributed by atoms with Gasteiger partial charge in [-0.2, -0.15) is 0 Å². The number of aliphatic hydroxyl groups is 2. The highest BCUT2D eigenvalue weighted by Gasteiger charge is 2.65. The maximum Gasteiger partial charge on any atom is 0.417 e. The third-order valence-electron chi connectivity index (χ3n) is 11.2. The van der Waals surface area contributed by atoms with E-state index in [-0.39, 0.29) is 62.2 Å². The van der Waals surface area contributed by atoms with Crippen molar-refractivity contribution in [3.63, 3.8) is 0 Å². The number of carbonyl (C=O) groups excluding carboxylic acids is 2. The van der Waals surface area contributed by atoms with E-state index in [1.807, 2.05) is 19.9 Å². The lowest BCUT2D eigenvalue weighted by molar-refractivity contribution is -0.255. The van der Waals surface area contributed by atoms with Crippen molar-refractivity contribution in [2.24, 2.45) is 22.9 Å². The fourth-order valence-electron chi connectivity index (χ4n) is 8.82. The van der Waals surface area contributed by atoms with Crippen molar-refractivity contribution in [3.8, 4) is 23.0 Å². The molecule has 2 amide bonds. The van der Waals surface area contributed by atoms with Crippen molar-refractivity contribution in [3.05, 3.63) is 66.3 Å². The summed E-state index contributed by atoms with van der Waals surface area (Å²) < 4.78 is 36.5. The maximum atomic E-state index is 14.0. The second kappa shape index (κ2) is 22.2. The summed E-state index contributed by atoms with van der Waals surface area (Å²) in [5.74, 6) is -0.391. The Bertz CT molecular complexity index is 1790. The van der Waals surface area contributed by atoms with E-state index >= 15 is 0 Å². The molecule has 15 heteroatoms. The zero-order chi connectivity index (χ0) is 42.4. The highest BCUT2D eigenvalue weighted by molar-refractivity contribution is 6.18. The lowest BCUT2D eigenvalue weighted by Crippen LogP contribution is -2.70. The molecule has 59 heavy (non-hydrogen) atoms. The Labute approximate surface area is 352 Å². The molecule has 0 unspecified atom stereocenters. The van der Waals surface area contributed by atoms with Gasteiger partial charge in [0.2, 0.25) is 5.79 Å². The summed E-state index contributed by atoms with van der Waals surface area (Å²) in [6.45, 7) is 8.76. The molecule has 2 aromatic carbocycles. The Balaban J connectivity index is 1.70. The van der Waals surface area contributed by atoms with Crippen LogP contribution in [0.15, 0.2) is 65.9 Å². The highest BCUT2D eigenvalue weighted by atomic mass is 35.5. The maximum absolute atomic E-state index is 14.0. The third kappa shape index (κ3) is 10.5. The van der Waals surface area contributed by atoms with Crippen LogP contribution in [0.3, 0.4) is 0 Å². The number of nitrogens with zero attached hydrogens (tertiary/aromatic N) is 2. The van der Waals surface area contributed by atoms with Gasteiger partial charge in [-0.15, -0.1) is 18.2 Å². The first-order chi connectivity index (χ1) is 28.7. The first-order valence-electron chi connectivity index (χ1n) is 20.6. The SMILES string of the molecule is C=CCO[C@@]12Oc3ccc(OC(=O)Nc4ccc(OC)cc4OC)cc3[C@H]3[C@H](CCCCO)[C@@H](CCCCO)C=C(C(=NOCC)C[C@@H]1N(CCC)C(=O)OCCCl)[C@H]32. The molecule has 0 bridgehead atoms. The number of fused-ring (bicyclic) bond motifs is 2. The lowest BCUT2D eigenvalue weighted by atomic mass is 9.55. The van der Waals surface area contributed by atoms with Gasteiger partial charge in [-0.25, -0.2) is 9.59 Å². The molecule has 3 aliphatic rings. The fourth-order valence-corrected chi connectivity index (χ4v) is 8.90. The van der Waals surface area contributed by atoms with Gasteiger partial charge in [0, 0.05) is 43.7 Å². The molecule has 0 aromatic heterocycles. The first kappa shape index (κ1) is 45.6. The third-order valence-corrected chi connectivity index (χ3v) is 11.3. The highest BCUT2D eigenvalue weighted by Crippen LogP contribution is 2.62. The number of ether oxygens (including phenoxy) is 6. The van der Waals surface area contributed by atoms with Crippen LogP contribution in [0.4, 0.5) is 15.3 Å². The van der Waals surface area contributed by atoms with Crippen LogP contribution in [-0.4, -0.2) is 105 Å². The number of unbranched alkanes of at least 4 members (excludes halogenated alkanes) is 2. The lowest BCUT2D eigenvalue weighted by Gasteiger charge is -2.59. The molecule has 6 atom stereocenters. The van der Waals surface area contributed by atoms with Crippen LogP contribution in [0.2, 0.25) is 0 Å². The van der Waals surface area contributed by atoms with E-state index in [2.05, 4.69) is 18.0 Å². The number of amides is 2. The number of benzene rings is 2. The quantitative estimate of drug-likeness (QED) is 0.0454. The normalized spacial score (nSPS) is 23.5. The van der Waals surface area contributed by atoms with Crippen molar-refractivity contribution >= 4 is 35.2 Å². The average molecular weight is 842 g/mol. The fraction of sp³-hybridized carbons (Fsp3) is 0.568. The summed E-state index contributed by atoms with van der Waals surface area (Å²) in [7, 11) is 3.04. The summed E-state index contributed by atoms with van der Waals surface area (Å²) >= 11 is 5.98. The Hall–Kier alpha value is -4.50. The van der Waals surface area contributed by atoms with E-state index in [0.717, 1.165) is 36.8 Å². The summed E-state index contributed by atoms with van der Waals surface area (Å²) in [5.41, 5.74) is 2.76. The van der Waals surface area contributed by atoms with Gasteiger partial charge >= 0.3 is 12.2 Å². The molecule has 3 N–H and O–H groups in total. The smallest absolute Gasteiger partial charge is 0.417 e. The Kier molecular flexibility index (Phi) is 17.2. The topological polar surface area (TPSA) is 167 Å². The van der Waals surface area contributed by atoms with Gasteiger partial charge in [0.15, 0.2) is 0 Å². The molecule has 1 heterocycles. The van der Waals surface area contributed by atoms with E-state index in [0.29, 0.717) is 61.1 Å². The number of methoxy groups -OCH3 is 2. The van der Waals surface area contributed by atoms with Crippen LogP contribution in [-0.2, 0) is 14.3 Å². The van der Waals surface area contributed by atoms with Crippen LogP contribution >= 0.6 is 11.6 Å². The number of nitrogens with one attached hydrogen (secondary N) is 1. The second-order valence-electron chi connectivity index (χ2n) is 14.8. The number of anilines is 1. The average Bonchev–Trinajstić information content (AvgIpc) is 3.24. The number of rotatable bonds is 22. The monoisotopic (exact) mass is 841 g/mol. The van der Waals surface area contributed by atoms with Crippen molar-refractivity contribution in [1.29, 1.82) is 0 Å². The van der Waals surface area contributed by atoms with Gasteiger partial charge in [-0.3, -0.25) is 10.2 Å². The van der Waals surface area contributed by atoms with Crippen LogP contribution in [0.5, 0.6) is 23.0 Å². The Morgan fingerprint density at radius 1 is 1.05 bits per heavy atom. The molecule has 1 aliphatic heterocycles. The summed E-state index contributed by atoms with van der Waals surface area (Å²) in [5, 5.41) is 27.2. The predicted octanol–water partition coefficient (Wildman–Crippen LogP) is 8.06. The Morgan fingerprint density at radius 3 is 2.49 bits per heavy atom. The number of alkyl halides is 1. The number of oxime groups is 1. The minimum atomic E-state index is -1.45. The largest absolute Gasteiger partial charge is 0.497 e. The van der Waals surface area contributed by atoms with Crippen molar-refractivity contribution in [2.45, 2.75) is 83.0 Å². The van der Waals surface area contributed by atoms with E-state index in [9.17, 15) is 19.8 Å². The van der Waals surface area contributed by atoms with Crippen molar-refractivity contribution in [1.82, 2.24) is 4.90 Å². The van der Waals surface area contributed by atoms with Crippen molar-refractivity contribution < 1.29 is 53.1 Å². The molecule has 14 nitrogen and oxygen atoms in total. The van der Waals surface area contributed by atoms with E-state index < -0.39 is 29.9 Å². The van der Waals surface area contributed by atoms with E-state index in [4.69, 9.17) is 50.0 Å². The second-order valence-corrected chi connectivity index (χ2v) is 15.1. The standard InChI is InChI=1S/C44H60ClN3O11/c1-6-20-48(43(52)55-24-19-45)39-28-36(47-57-8-3)33-25-29(13-9-11-21-49)32(14-10-12-22-50)40-34-26-31(16-18-37(34)59-44(39,41(33)40)56-23-7-2)58-42(51)46-35-17-15-30(53-4)27-38(35)54-5/h7,15-18,25-27,29,32,39-41,49-50H,2,6,8-14,19-24,28H2,1,3-5H3,(H,46,51)/t29-,32+,39-,40+,41+,44+/m0/s1. The number of carbonyl (C=O) groups is 2. The molecule has 5 rings (SSSR count). The minimum Gasteiger partial charge on any atom is -0.497 e. The van der Waals surface area contributed by atoms with Crippen LogP contribution in [0, 0.1) is 17.8 Å².